The number of carbonyl (C=O) groups excluding carboxylic acids is 1. The molecule has 9 nitrogen and oxygen atoms in total. The van der Waals surface area contributed by atoms with E-state index in [1.165, 1.54) is 6.08 Å². The normalized spacial score (nSPS) is 11.0. The van der Waals surface area contributed by atoms with Crippen molar-refractivity contribution in [2.75, 3.05) is 7.11 Å². The van der Waals surface area contributed by atoms with Gasteiger partial charge in [0.1, 0.15) is 12.4 Å². The average Bonchev–Trinajstić information content (AvgIpc) is 3.47. The third-order valence-electron chi connectivity index (χ3n) is 4.98. The Hall–Kier alpha value is -4.40. The van der Waals surface area contributed by atoms with Gasteiger partial charge in [0, 0.05) is 11.6 Å². The Balaban J connectivity index is 1.33. The van der Waals surface area contributed by atoms with Crippen molar-refractivity contribution in [1.29, 1.82) is 0 Å². The van der Waals surface area contributed by atoms with Crippen LogP contribution in [-0.4, -0.2) is 28.4 Å². The van der Waals surface area contributed by atoms with E-state index >= 15 is 0 Å². The number of hydrogen-bond donors (Lipinski definition) is 0. The van der Waals surface area contributed by atoms with E-state index < -0.39 is 5.97 Å². The minimum atomic E-state index is -0.544. The van der Waals surface area contributed by atoms with Gasteiger partial charge in [-0.25, -0.2) is 4.79 Å². The lowest BCUT2D eigenvalue weighted by Gasteiger charge is -2.11. The molecule has 0 saturated heterocycles. The predicted octanol–water partition coefficient (Wildman–Crippen LogP) is 4.69. The lowest BCUT2D eigenvalue weighted by Crippen LogP contribution is -2.01. The molecule has 0 N–H and O–H groups in total. The van der Waals surface area contributed by atoms with Crippen LogP contribution in [0.2, 0.25) is 0 Å². The minimum Gasteiger partial charge on any atom is -0.493 e. The fraction of sp³-hybridized carbons (Fsp3) is 0.200. The maximum absolute atomic E-state index is 12.1. The number of ether oxygens (including phenoxy) is 3. The van der Waals surface area contributed by atoms with Gasteiger partial charge in [-0.15, -0.1) is 10.2 Å². The molecule has 9 heteroatoms. The van der Waals surface area contributed by atoms with Gasteiger partial charge in [0.05, 0.1) is 18.4 Å². The molecule has 4 rings (SSSR count). The molecule has 4 aromatic rings. The second-order valence-corrected chi connectivity index (χ2v) is 7.31. The molecular formula is C25H23N3O6. The molecule has 0 bridgehead atoms. The number of aromatic nitrogens is 3. The van der Waals surface area contributed by atoms with Crippen molar-refractivity contribution in [2.45, 2.75) is 27.1 Å². The van der Waals surface area contributed by atoms with Crippen LogP contribution < -0.4 is 9.47 Å². The standard InChI is InChI=1S/C25H23N3O6/c1-16-20(17(2)34-28-16)14-31-21-11-9-18(13-22(21)30-3)10-12-24(29)32-15-23-26-27-25(33-23)19-7-5-4-6-8-19/h4-13H,14-15H2,1-3H3/b12-10+. The van der Waals surface area contributed by atoms with Crippen LogP contribution in [0.15, 0.2) is 63.5 Å². The van der Waals surface area contributed by atoms with Crippen molar-refractivity contribution in [1.82, 2.24) is 15.4 Å². The first-order chi connectivity index (χ1) is 16.5. The van der Waals surface area contributed by atoms with Gasteiger partial charge in [0.15, 0.2) is 18.1 Å². The third kappa shape index (κ3) is 5.50. The molecule has 2 heterocycles. The third-order valence-corrected chi connectivity index (χ3v) is 4.98. The Morgan fingerprint density at radius 2 is 1.85 bits per heavy atom. The molecule has 0 atom stereocenters. The van der Waals surface area contributed by atoms with E-state index in [0.29, 0.717) is 29.8 Å². The molecule has 0 saturated carbocycles. The molecule has 0 aliphatic rings. The zero-order valence-corrected chi connectivity index (χ0v) is 19.0. The zero-order valence-electron chi connectivity index (χ0n) is 19.0. The summed E-state index contributed by atoms with van der Waals surface area (Å²) in [5.41, 5.74) is 3.21. The summed E-state index contributed by atoms with van der Waals surface area (Å²) >= 11 is 0. The van der Waals surface area contributed by atoms with E-state index in [9.17, 15) is 4.79 Å². The Morgan fingerprint density at radius 3 is 2.59 bits per heavy atom. The Kier molecular flexibility index (Phi) is 7.02. The number of benzene rings is 2. The van der Waals surface area contributed by atoms with E-state index in [1.807, 2.05) is 44.2 Å². The molecule has 0 unspecified atom stereocenters. The second kappa shape index (κ2) is 10.5. The summed E-state index contributed by atoms with van der Waals surface area (Å²) in [7, 11) is 1.55. The first kappa shape index (κ1) is 22.8. The number of hydrogen-bond acceptors (Lipinski definition) is 9. The molecule has 2 aromatic carbocycles. The number of methoxy groups -OCH3 is 1. The van der Waals surface area contributed by atoms with Crippen LogP contribution in [0.25, 0.3) is 17.5 Å². The SMILES string of the molecule is COc1cc(/C=C/C(=O)OCc2nnc(-c3ccccc3)o2)ccc1OCc1c(C)noc1C. The van der Waals surface area contributed by atoms with Crippen molar-refractivity contribution in [2.24, 2.45) is 0 Å². The van der Waals surface area contributed by atoms with Crippen LogP contribution in [0.5, 0.6) is 11.5 Å². The number of rotatable bonds is 9. The largest absolute Gasteiger partial charge is 0.493 e. The van der Waals surface area contributed by atoms with Gasteiger partial charge in [-0.3, -0.25) is 0 Å². The van der Waals surface area contributed by atoms with Gasteiger partial charge in [-0.1, -0.05) is 29.4 Å². The number of esters is 1. The summed E-state index contributed by atoms with van der Waals surface area (Å²) in [6.07, 6.45) is 2.93. The molecule has 0 aliphatic heterocycles. The number of carbonyl (C=O) groups is 1. The smallest absolute Gasteiger partial charge is 0.331 e. The number of nitrogens with zero attached hydrogens (tertiary/aromatic N) is 3. The lowest BCUT2D eigenvalue weighted by atomic mass is 10.2. The highest BCUT2D eigenvalue weighted by Crippen LogP contribution is 2.30. The average molecular weight is 461 g/mol. The highest BCUT2D eigenvalue weighted by atomic mass is 16.5. The predicted molar refractivity (Wildman–Crippen MR) is 122 cm³/mol. The molecule has 0 radical (unpaired) electrons. The van der Waals surface area contributed by atoms with Crippen molar-refractivity contribution < 1.29 is 27.9 Å². The first-order valence-corrected chi connectivity index (χ1v) is 10.5. The van der Waals surface area contributed by atoms with Crippen molar-refractivity contribution in [3.63, 3.8) is 0 Å². The van der Waals surface area contributed by atoms with Gasteiger partial charge in [0.25, 0.3) is 5.89 Å². The van der Waals surface area contributed by atoms with Gasteiger partial charge >= 0.3 is 5.97 Å². The van der Waals surface area contributed by atoms with E-state index in [4.69, 9.17) is 23.2 Å². The van der Waals surface area contributed by atoms with Crippen LogP contribution in [-0.2, 0) is 22.7 Å². The Bertz CT molecular complexity index is 1270. The van der Waals surface area contributed by atoms with E-state index in [-0.39, 0.29) is 12.5 Å². The zero-order chi connectivity index (χ0) is 23.9. The van der Waals surface area contributed by atoms with Gasteiger partial charge in [0.2, 0.25) is 5.89 Å². The Morgan fingerprint density at radius 1 is 1.03 bits per heavy atom. The maximum atomic E-state index is 12.1. The summed E-state index contributed by atoms with van der Waals surface area (Å²) in [5.74, 6) is 1.84. The van der Waals surface area contributed by atoms with Gasteiger partial charge in [-0.2, -0.15) is 0 Å². The summed E-state index contributed by atoms with van der Waals surface area (Å²) in [6, 6.07) is 14.7. The molecule has 0 fully saturated rings. The van der Waals surface area contributed by atoms with Gasteiger partial charge < -0.3 is 23.2 Å². The van der Waals surface area contributed by atoms with Crippen molar-refractivity contribution >= 4 is 12.0 Å². The highest BCUT2D eigenvalue weighted by molar-refractivity contribution is 5.87. The molecule has 34 heavy (non-hydrogen) atoms. The first-order valence-electron chi connectivity index (χ1n) is 10.5. The molecule has 174 valence electrons. The van der Waals surface area contributed by atoms with E-state index in [2.05, 4.69) is 15.4 Å². The Labute approximate surface area is 196 Å². The fourth-order valence-electron chi connectivity index (χ4n) is 3.12. The van der Waals surface area contributed by atoms with Crippen molar-refractivity contribution in [3.05, 3.63) is 83.1 Å². The molecule has 2 aromatic heterocycles. The minimum absolute atomic E-state index is 0.124. The number of aryl methyl sites for hydroxylation is 2. The monoisotopic (exact) mass is 461 g/mol. The van der Waals surface area contributed by atoms with Crippen LogP contribution in [0.3, 0.4) is 0 Å². The maximum Gasteiger partial charge on any atom is 0.331 e. The summed E-state index contributed by atoms with van der Waals surface area (Å²) in [5, 5.41) is 11.8. The van der Waals surface area contributed by atoms with Gasteiger partial charge in [-0.05, 0) is 49.8 Å². The summed E-state index contributed by atoms with van der Waals surface area (Å²) in [6.45, 7) is 3.88. The summed E-state index contributed by atoms with van der Waals surface area (Å²) in [4.78, 5) is 12.1. The highest BCUT2D eigenvalue weighted by Gasteiger charge is 2.12. The molecule has 0 spiro atoms. The van der Waals surface area contributed by atoms with Crippen molar-refractivity contribution in [3.8, 4) is 23.0 Å². The summed E-state index contributed by atoms with van der Waals surface area (Å²) < 4.78 is 27.2. The quantitative estimate of drug-likeness (QED) is 0.259. The van der Waals surface area contributed by atoms with Crippen LogP contribution in [0.4, 0.5) is 0 Å². The topological polar surface area (TPSA) is 110 Å². The van der Waals surface area contributed by atoms with Crippen LogP contribution in [0, 0.1) is 13.8 Å². The van der Waals surface area contributed by atoms with E-state index in [1.54, 1.807) is 31.4 Å². The molecule has 0 amide bonds. The fourth-order valence-corrected chi connectivity index (χ4v) is 3.12. The molecule has 0 aliphatic carbocycles. The van der Waals surface area contributed by atoms with Crippen LogP contribution in [0.1, 0.15) is 28.5 Å². The second-order valence-electron chi connectivity index (χ2n) is 7.31. The van der Waals surface area contributed by atoms with E-state index in [0.717, 1.165) is 22.4 Å². The van der Waals surface area contributed by atoms with Crippen LogP contribution >= 0.6 is 0 Å². The lowest BCUT2D eigenvalue weighted by molar-refractivity contribution is -0.139. The molecular weight excluding hydrogens is 438 g/mol.